The quantitative estimate of drug-likeness (QED) is 0.185. The molecule has 236 valence electrons. The van der Waals surface area contributed by atoms with Crippen molar-refractivity contribution in [3.8, 4) is 28.7 Å². The van der Waals surface area contributed by atoms with Crippen LogP contribution in [0.4, 0.5) is 0 Å². The number of carbonyl (C=O) groups is 1. The molecule has 0 bridgehead atoms. The molecule has 0 saturated carbocycles. The summed E-state index contributed by atoms with van der Waals surface area (Å²) in [5.74, 6) is -0.999. The fourth-order valence-corrected chi connectivity index (χ4v) is 5.20. The minimum absolute atomic E-state index is 0.0457. The fourth-order valence-electron chi connectivity index (χ4n) is 5.20. The molecule has 0 spiro atoms. The number of carbonyl (C=O) groups excluding carboxylic acids is 1. The third-order valence-corrected chi connectivity index (χ3v) is 7.70. The second-order valence-electron chi connectivity index (χ2n) is 10.6. The van der Waals surface area contributed by atoms with E-state index in [4.69, 9.17) is 28.4 Å². The number of rotatable bonds is 7. The maximum Gasteiger partial charge on any atom is 0.229 e. The number of ether oxygens (including phenoxy) is 6. The highest BCUT2D eigenvalue weighted by Crippen LogP contribution is 2.43. The van der Waals surface area contributed by atoms with Gasteiger partial charge < -0.3 is 69.3 Å². The van der Waals surface area contributed by atoms with E-state index in [-0.39, 0.29) is 35.0 Å². The summed E-state index contributed by atoms with van der Waals surface area (Å²) >= 11 is 0. The van der Waals surface area contributed by atoms with Gasteiger partial charge in [0.1, 0.15) is 71.6 Å². The number of aliphatic hydroxyl groups is 6. The first-order valence-corrected chi connectivity index (χ1v) is 13.5. The summed E-state index contributed by atoms with van der Waals surface area (Å²) in [6.45, 7) is 0.964. The molecule has 2 aromatic carbocycles. The van der Waals surface area contributed by atoms with E-state index in [0.717, 1.165) is 6.07 Å². The van der Waals surface area contributed by atoms with Crippen molar-refractivity contribution in [3.63, 3.8) is 0 Å². The van der Waals surface area contributed by atoms with Crippen molar-refractivity contribution in [2.24, 2.45) is 0 Å². The van der Waals surface area contributed by atoms with Gasteiger partial charge in [0, 0.05) is 12.1 Å². The molecule has 0 aromatic heterocycles. The summed E-state index contributed by atoms with van der Waals surface area (Å²) in [6, 6.07) is 6.90. The second kappa shape index (κ2) is 12.4. The van der Waals surface area contributed by atoms with E-state index in [0.29, 0.717) is 5.56 Å². The van der Waals surface area contributed by atoms with Crippen LogP contribution in [0, 0.1) is 0 Å². The van der Waals surface area contributed by atoms with Crippen LogP contribution in [0.15, 0.2) is 30.3 Å². The molecule has 0 radical (unpaired) electrons. The number of ketones is 1. The van der Waals surface area contributed by atoms with Crippen molar-refractivity contribution in [1.29, 1.82) is 0 Å². The van der Waals surface area contributed by atoms with Gasteiger partial charge in [-0.15, -0.1) is 0 Å². The Morgan fingerprint density at radius 2 is 1.53 bits per heavy atom. The van der Waals surface area contributed by atoms with Gasteiger partial charge in [0.25, 0.3) is 0 Å². The number of aliphatic hydroxyl groups excluding tert-OH is 6. The molecule has 15 heteroatoms. The summed E-state index contributed by atoms with van der Waals surface area (Å²) in [6.07, 6.45) is -15.9. The Bertz CT molecular complexity index is 1320. The van der Waals surface area contributed by atoms with Crippen LogP contribution in [-0.2, 0) is 14.2 Å². The van der Waals surface area contributed by atoms with Gasteiger partial charge in [0.05, 0.1) is 26.2 Å². The maximum absolute atomic E-state index is 12.9. The number of phenols is 2. The molecule has 2 aromatic rings. The lowest BCUT2D eigenvalue weighted by Crippen LogP contribution is -2.61. The highest BCUT2D eigenvalue weighted by Gasteiger charge is 2.47. The van der Waals surface area contributed by atoms with Gasteiger partial charge in [-0.05, 0) is 24.6 Å². The number of benzene rings is 2. The number of aromatic hydroxyl groups is 2. The number of hydrogen-bond donors (Lipinski definition) is 8. The summed E-state index contributed by atoms with van der Waals surface area (Å²) in [5.41, 5.74) is 0.373. The smallest absolute Gasteiger partial charge is 0.229 e. The second-order valence-corrected chi connectivity index (χ2v) is 10.6. The Morgan fingerprint density at radius 1 is 0.837 bits per heavy atom. The van der Waals surface area contributed by atoms with Crippen LogP contribution in [0.3, 0.4) is 0 Å². The number of methoxy groups -OCH3 is 1. The molecule has 0 amide bonds. The van der Waals surface area contributed by atoms with E-state index in [1.54, 1.807) is 6.07 Å². The first-order valence-electron chi connectivity index (χ1n) is 13.5. The van der Waals surface area contributed by atoms with Crippen LogP contribution in [-0.4, -0.2) is 122 Å². The highest BCUT2D eigenvalue weighted by molar-refractivity contribution is 6.02. The van der Waals surface area contributed by atoms with Crippen LogP contribution in [0.25, 0.3) is 0 Å². The van der Waals surface area contributed by atoms with Crippen molar-refractivity contribution < 1.29 is 74.1 Å². The van der Waals surface area contributed by atoms with E-state index in [9.17, 15) is 45.6 Å². The van der Waals surface area contributed by atoms with Gasteiger partial charge in [-0.25, -0.2) is 0 Å². The lowest BCUT2D eigenvalue weighted by molar-refractivity contribution is -0.318. The molecule has 3 aliphatic rings. The maximum atomic E-state index is 12.9. The van der Waals surface area contributed by atoms with Crippen LogP contribution in [0.2, 0.25) is 0 Å². The number of Topliss-reactive ketones (excluding diaryl/α,β-unsaturated/α-hetero) is 1. The normalized spacial score (nSPS) is 36.0. The molecule has 3 heterocycles. The molecule has 11 atom stereocenters. The largest absolute Gasteiger partial charge is 0.507 e. The molecule has 0 aliphatic carbocycles. The number of fused-ring (bicyclic) bond motifs is 1. The fraction of sp³-hybridized carbons (Fsp3) is 0.536. The SMILES string of the molecule is COc1ccc([C@H]2CC(=O)c3c(O)cc(O[C@H]4O[C@@H](CO[C@@H]5O[C@@H](C)[C@H](O)[C@@H](O)[C@H]5O)[C@H](O)[C@@H](O)[C@@H]4O)cc3O2)cc1O. The van der Waals surface area contributed by atoms with E-state index in [1.165, 1.54) is 32.2 Å². The van der Waals surface area contributed by atoms with Gasteiger partial charge >= 0.3 is 0 Å². The van der Waals surface area contributed by atoms with E-state index < -0.39 is 85.7 Å². The Hall–Kier alpha value is -3.25. The third-order valence-electron chi connectivity index (χ3n) is 7.70. The van der Waals surface area contributed by atoms with Crippen molar-refractivity contribution in [3.05, 3.63) is 41.5 Å². The summed E-state index contributed by atoms with van der Waals surface area (Å²) in [7, 11) is 1.39. The lowest BCUT2D eigenvalue weighted by atomic mass is 9.95. The van der Waals surface area contributed by atoms with Crippen molar-refractivity contribution in [2.45, 2.75) is 80.9 Å². The Labute approximate surface area is 245 Å². The summed E-state index contributed by atoms with van der Waals surface area (Å²) < 4.78 is 33.1. The van der Waals surface area contributed by atoms with Gasteiger partial charge in [-0.2, -0.15) is 0 Å². The molecule has 5 rings (SSSR count). The molecule has 3 aliphatic heterocycles. The lowest BCUT2D eigenvalue weighted by Gasteiger charge is -2.42. The van der Waals surface area contributed by atoms with Crippen LogP contribution in [0.5, 0.6) is 28.7 Å². The number of hydrogen-bond acceptors (Lipinski definition) is 15. The first-order chi connectivity index (χ1) is 20.4. The molecular weight excluding hydrogens is 576 g/mol. The molecule has 15 nitrogen and oxygen atoms in total. The van der Waals surface area contributed by atoms with E-state index in [1.807, 2.05) is 0 Å². The Kier molecular flexibility index (Phi) is 8.99. The molecular formula is C28H34O15. The zero-order chi connectivity index (χ0) is 31.2. The summed E-state index contributed by atoms with van der Waals surface area (Å²) in [4.78, 5) is 12.9. The van der Waals surface area contributed by atoms with Gasteiger partial charge in [-0.1, -0.05) is 6.07 Å². The predicted octanol–water partition coefficient (Wildman–Crippen LogP) is -1.16. The Morgan fingerprint density at radius 3 is 2.23 bits per heavy atom. The average Bonchev–Trinajstić information content (AvgIpc) is 2.97. The molecule has 2 saturated heterocycles. The van der Waals surface area contributed by atoms with Gasteiger partial charge in [-0.3, -0.25) is 4.79 Å². The highest BCUT2D eigenvalue weighted by atomic mass is 16.7. The molecule has 8 N–H and O–H groups in total. The van der Waals surface area contributed by atoms with Gasteiger partial charge in [0.15, 0.2) is 23.6 Å². The van der Waals surface area contributed by atoms with Crippen molar-refractivity contribution in [2.75, 3.05) is 13.7 Å². The standard InChI is InChI=1S/C28H34O15/c1-10-21(32)23(34)25(36)27(40-10)39-9-19-22(33)24(35)26(37)28(43-19)41-12-6-14(30)20-15(31)8-17(42-18(20)7-12)11-3-4-16(38-2)13(29)5-11/h3-7,10,17,19,21-30,32-37H,8-9H2,1-2H3/t10-,17+,19-,21-,22-,23+,24+,25+,26-,27+,28-/m0/s1. The number of phenolic OH excluding ortho intramolecular Hbond substituents is 2. The molecule has 43 heavy (non-hydrogen) atoms. The topological polar surface area (TPSA) is 234 Å². The van der Waals surface area contributed by atoms with Gasteiger partial charge in [0.2, 0.25) is 6.29 Å². The van der Waals surface area contributed by atoms with E-state index in [2.05, 4.69) is 0 Å². The third kappa shape index (κ3) is 6.08. The zero-order valence-corrected chi connectivity index (χ0v) is 23.1. The molecule has 0 unspecified atom stereocenters. The van der Waals surface area contributed by atoms with Crippen LogP contribution < -0.4 is 14.2 Å². The average molecular weight is 611 g/mol. The predicted molar refractivity (Wildman–Crippen MR) is 141 cm³/mol. The monoisotopic (exact) mass is 610 g/mol. The van der Waals surface area contributed by atoms with Crippen molar-refractivity contribution >= 4 is 5.78 Å². The van der Waals surface area contributed by atoms with Crippen molar-refractivity contribution in [1.82, 2.24) is 0 Å². The Balaban J connectivity index is 1.30. The van der Waals surface area contributed by atoms with Crippen LogP contribution >= 0.6 is 0 Å². The minimum Gasteiger partial charge on any atom is -0.507 e. The van der Waals surface area contributed by atoms with E-state index >= 15 is 0 Å². The zero-order valence-electron chi connectivity index (χ0n) is 23.1. The minimum atomic E-state index is -1.77. The summed E-state index contributed by atoms with van der Waals surface area (Å²) in [5, 5.41) is 82.2. The first kappa shape index (κ1) is 31.2. The molecule has 2 fully saturated rings. The van der Waals surface area contributed by atoms with Crippen LogP contribution in [0.1, 0.15) is 35.4 Å².